The fraction of sp³-hybridized carbons (Fsp3) is 0.385. The van der Waals surface area contributed by atoms with Gasteiger partial charge in [0.25, 0.3) is 0 Å². The smallest absolute Gasteiger partial charge is 0.231 e. The van der Waals surface area contributed by atoms with Crippen molar-refractivity contribution >= 4 is 0 Å². The van der Waals surface area contributed by atoms with Gasteiger partial charge in [-0.2, -0.15) is 0 Å². The van der Waals surface area contributed by atoms with Crippen LogP contribution in [0.15, 0.2) is 30.4 Å². The highest BCUT2D eigenvalue weighted by molar-refractivity contribution is 5.44. The van der Waals surface area contributed by atoms with E-state index in [0.29, 0.717) is 12.8 Å². The maximum Gasteiger partial charge on any atom is 0.231 e. The third-order valence-corrected chi connectivity index (χ3v) is 3.04. The van der Waals surface area contributed by atoms with E-state index in [0.717, 1.165) is 30.9 Å². The predicted molar refractivity (Wildman–Crippen MR) is 61.6 cm³/mol. The summed E-state index contributed by atoms with van der Waals surface area (Å²) in [7, 11) is 0. The van der Waals surface area contributed by atoms with E-state index in [4.69, 9.17) is 9.47 Å². The molecule has 0 unspecified atom stereocenters. The van der Waals surface area contributed by atoms with Crippen LogP contribution in [0.1, 0.15) is 18.4 Å². The number of hydrogen-bond donors (Lipinski definition) is 1. The summed E-state index contributed by atoms with van der Waals surface area (Å²) in [4.78, 5) is 0. The SMILES string of the molecule is C1=CCC(NCc2ccc3c(c2)OCO3)C1. The van der Waals surface area contributed by atoms with Crippen LogP contribution in [0.2, 0.25) is 0 Å². The molecule has 1 N–H and O–H groups in total. The summed E-state index contributed by atoms with van der Waals surface area (Å²) >= 11 is 0. The molecule has 3 rings (SSSR count). The zero-order valence-corrected chi connectivity index (χ0v) is 9.11. The largest absolute Gasteiger partial charge is 0.454 e. The standard InChI is InChI=1S/C13H15NO2/c1-2-4-11(3-1)14-8-10-5-6-12-13(7-10)16-9-15-12/h1-2,5-7,11,14H,3-4,8-9H2. The van der Waals surface area contributed by atoms with E-state index in [-0.39, 0.29) is 0 Å². The van der Waals surface area contributed by atoms with E-state index >= 15 is 0 Å². The Labute approximate surface area is 95.1 Å². The molecule has 1 aromatic rings. The first-order valence-corrected chi connectivity index (χ1v) is 5.69. The van der Waals surface area contributed by atoms with Crippen LogP contribution in [0.3, 0.4) is 0 Å². The number of ether oxygens (including phenoxy) is 2. The van der Waals surface area contributed by atoms with Crippen molar-refractivity contribution in [3.63, 3.8) is 0 Å². The van der Waals surface area contributed by atoms with Crippen molar-refractivity contribution in [2.75, 3.05) is 6.79 Å². The first-order valence-electron chi connectivity index (χ1n) is 5.69. The first kappa shape index (κ1) is 9.73. The molecule has 1 aliphatic heterocycles. The van der Waals surface area contributed by atoms with Crippen molar-refractivity contribution in [2.24, 2.45) is 0 Å². The van der Waals surface area contributed by atoms with Gasteiger partial charge in [-0.15, -0.1) is 0 Å². The molecule has 84 valence electrons. The number of nitrogens with one attached hydrogen (secondary N) is 1. The van der Waals surface area contributed by atoms with Gasteiger partial charge in [0, 0.05) is 12.6 Å². The summed E-state index contributed by atoms with van der Waals surface area (Å²) in [6.07, 6.45) is 6.75. The van der Waals surface area contributed by atoms with Crippen molar-refractivity contribution in [1.29, 1.82) is 0 Å². The lowest BCUT2D eigenvalue weighted by atomic mass is 10.1. The van der Waals surface area contributed by atoms with Gasteiger partial charge in [0.2, 0.25) is 6.79 Å². The van der Waals surface area contributed by atoms with Gasteiger partial charge in [-0.05, 0) is 30.5 Å². The number of rotatable bonds is 3. The molecule has 3 heteroatoms. The van der Waals surface area contributed by atoms with Crippen molar-refractivity contribution < 1.29 is 9.47 Å². The molecule has 1 heterocycles. The molecule has 0 saturated carbocycles. The maximum atomic E-state index is 5.35. The van der Waals surface area contributed by atoms with E-state index in [1.807, 2.05) is 6.07 Å². The minimum atomic E-state index is 0.346. The molecular formula is C13H15NO2. The Morgan fingerprint density at radius 1 is 1.12 bits per heavy atom. The van der Waals surface area contributed by atoms with Crippen LogP contribution in [0, 0.1) is 0 Å². The Kier molecular flexibility index (Phi) is 2.54. The fourth-order valence-electron chi connectivity index (χ4n) is 2.10. The highest BCUT2D eigenvalue weighted by Crippen LogP contribution is 2.32. The van der Waals surface area contributed by atoms with Crippen molar-refractivity contribution in [1.82, 2.24) is 5.32 Å². The van der Waals surface area contributed by atoms with Gasteiger partial charge in [0.1, 0.15) is 0 Å². The average molecular weight is 217 g/mol. The third-order valence-electron chi connectivity index (χ3n) is 3.04. The van der Waals surface area contributed by atoms with Crippen molar-refractivity contribution in [2.45, 2.75) is 25.4 Å². The lowest BCUT2D eigenvalue weighted by Gasteiger charge is -2.11. The Hall–Kier alpha value is -1.48. The topological polar surface area (TPSA) is 30.5 Å². The molecule has 0 saturated heterocycles. The summed E-state index contributed by atoms with van der Waals surface area (Å²) < 4.78 is 10.6. The molecule has 0 fully saturated rings. The van der Waals surface area contributed by atoms with E-state index in [1.54, 1.807) is 0 Å². The molecule has 0 amide bonds. The van der Waals surface area contributed by atoms with E-state index in [2.05, 4.69) is 29.6 Å². The minimum absolute atomic E-state index is 0.346. The van der Waals surface area contributed by atoms with Crippen LogP contribution in [0.5, 0.6) is 11.5 Å². The van der Waals surface area contributed by atoms with Gasteiger partial charge in [-0.25, -0.2) is 0 Å². The van der Waals surface area contributed by atoms with Crippen molar-refractivity contribution in [3.05, 3.63) is 35.9 Å². The molecule has 16 heavy (non-hydrogen) atoms. The zero-order valence-electron chi connectivity index (χ0n) is 9.11. The second-order valence-electron chi connectivity index (χ2n) is 4.21. The lowest BCUT2D eigenvalue weighted by molar-refractivity contribution is 0.174. The van der Waals surface area contributed by atoms with Crippen LogP contribution < -0.4 is 14.8 Å². The van der Waals surface area contributed by atoms with E-state index < -0.39 is 0 Å². The van der Waals surface area contributed by atoms with Crippen molar-refractivity contribution in [3.8, 4) is 11.5 Å². The number of fused-ring (bicyclic) bond motifs is 1. The Balaban J connectivity index is 1.62. The highest BCUT2D eigenvalue weighted by Gasteiger charge is 2.14. The van der Waals surface area contributed by atoms with Crippen LogP contribution in [-0.4, -0.2) is 12.8 Å². The summed E-state index contributed by atoms with van der Waals surface area (Å²) in [5, 5.41) is 3.53. The van der Waals surface area contributed by atoms with E-state index in [9.17, 15) is 0 Å². The number of benzene rings is 1. The molecule has 0 bridgehead atoms. The summed E-state index contributed by atoms with van der Waals surface area (Å²) in [5.74, 6) is 1.72. The van der Waals surface area contributed by atoms with Gasteiger partial charge < -0.3 is 14.8 Å². The molecule has 1 aliphatic carbocycles. The molecule has 0 aromatic heterocycles. The van der Waals surface area contributed by atoms with Crippen LogP contribution in [0.25, 0.3) is 0 Å². The van der Waals surface area contributed by atoms with Gasteiger partial charge in [0.15, 0.2) is 11.5 Å². The number of hydrogen-bond acceptors (Lipinski definition) is 3. The second-order valence-corrected chi connectivity index (χ2v) is 4.21. The summed E-state index contributed by atoms with van der Waals surface area (Å²) in [6, 6.07) is 6.72. The minimum Gasteiger partial charge on any atom is -0.454 e. The Morgan fingerprint density at radius 3 is 2.81 bits per heavy atom. The molecule has 0 radical (unpaired) electrons. The first-order chi connectivity index (χ1) is 7.92. The second kappa shape index (κ2) is 4.18. The molecule has 0 spiro atoms. The molecule has 2 aliphatic rings. The Morgan fingerprint density at radius 2 is 1.94 bits per heavy atom. The quantitative estimate of drug-likeness (QED) is 0.787. The molecule has 1 aromatic carbocycles. The van der Waals surface area contributed by atoms with Crippen LogP contribution in [0.4, 0.5) is 0 Å². The summed E-state index contributed by atoms with van der Waals surface area (Å²) in [5.41, 5.74) is 1.25. The molecule has 3 nitrogen and oxygen atoms in total. The lowest BCUT2D eigenvalue weighted by Crippen LogP contribution is -2.25. The molecular weight excluding hydrogens is 202 g/mol. The van der Waals surface area contributed by atoms with Gasteiger partial charge in [-0.3, -0.25) is 0 Å². The van der Waals surface area contributed by atoms with Gasteiger partial charge >= 0.3 is 0 Å². The Bertz CT molecular complexity index is 406. The fourth-order valence-corrected chi connectivity index (χ4v) is 2.10. The average Bonchev–Trinajstić information content (AvgIpc) is 2.97. The molecule has 0 atom stereocenters. The van der Waals surface area contributed by atoms with E-state index in [1.165, 1.54) is 5.56 Å². The normalized spacial score (nSPS) is 18.2. The third kappa shape index (κ3) is 1.91. The summed E-state index contributed by atoms with van der Waals surface area (Å²) in [6.45, 7) is 1.24. The monoisotopic (exact) mass is 217 g/mol. The van der Waals surface area contributed by atoms with Crippen LogP contribution >= 0.6 is 0 Å². The maximum absolute atomic E-state index is 5.35. The van der Waals surface area contributed by atoms with Gasteiger partial charge in [0.05, 0.1) is 0 Å². The predicted octanol–water partition coefficient (Wildman–Crippen LogP) is 2.22. The zero-order chi connectivity index (χ0) is 10.8. The van der Waals surface area contributed by atoms with Crippen LogP contribution in [-0.2, 0) is 6.54 Å². The highest BCUT2D eigenvalue weighted by atomic mass is 16.7. The van der Waals surface area contributed by atoms with Gasteiger partial charge in [-0.1, -0.05) is 18.2 Å².